The normalized spacial score (nSPS) is 10.5. The van der Waals surface area contributed by atoms with Crippen molar-refractivity contribution in [3.8, 4) is 11.3 Å². The van der Waals surface area contributed by atoms with E-state index in [2.05, 4.69) is 15.3 Å². The highest BCUT2D eigenvalue weighted by atomic mass is 35.5. The molecule has 0 spiro atoms. The maximum absolute atomic E-state index is 12.0. The third-order valence-corrected chi connectivity index (χ3v) is 5.14. The van der Waals surface area contributed by atoms with E-state index in [1.54, 1.807) is 24.2 Å². The Morgan fingerprint density at radius 1 is 1.25 bits per heavy atom. The quantitative estimate of drug-likeness (QED) is 0.617. The first-order valence-electron chi connectivity index (χ1n) is 7.25. The largest absolute Gasteiger partial charge is 0.302 e. The Bertz CT molecular complexity index is 806. The van der Waals surface area contributed by atoms with Crippen molar-refractivity contribution in [1.82, 2.24) is 9.97 Å². The van der Waals surface area contributed by atoms with Gasteiger partial charge < -0.3 is 5.32 Å². The highest BCUT2D eigenvalue weighted by Gasteiger charge is 2.08. The third kappa shape index (κ3) is 4.80. The summed E-state index contributed by atoms with van der Waals surface area (Å²) in [6.07, 6.45) is 3.90. The van der Waals surface area contributed by atoms with Crippen LogP contribution < -0.4 is 5.32 Å². The van der Waals surface area contributed by atoms with E-state index in [1.807, 2.05) is 41.8 Å². The average Bonchev–Trinajstić information content (AvgIpc) is 3.06. The smallest absolute Gasteiger partial charge is 0.226 e. The number of halogens is 1. The van der Waals surface area contributed by atoms with Gasteiger partial charge in [0.2, 0.25) is 5.91 Å². The number of anilines is 1. The van der Waals surface area contributed by atoms with E-state index in [4.69, 9.17) is 11.6 Å². The first kappa shape index (κ1) is 17.0. The second-order valence-corrected chi connectivity index (χ2v) is 7.34. The molecule has 122 valence electrons. The number of benzene rings is 1. The minimum Gasteiger partial charge on any atom is -0.302 e. The molecule has 1 N–H and O–H groups in total. The van der Waals surface area contributed by atoms with E-state index in [0.29, 0.717) is 22.3 Å². The third-order valence-electron chi connectivity index (χ3n) is 3.12. The molecule has 7 heteroatoms. The number of nitrogens with one attached hydrogen (secondary N) is 1. The molecule has 2 heterocycles. The lowest BCUT2D eigenvalue weighted by atomic mass is 10.2. The molecule has 24 heavy (non-hydrogen) atoms. The van der Waals surface area contributed by atoms with E-state index >= 15 is 0 Å². The van der Waals surface area contributed by atoms with Crippen LogP contribution in [0.4, 0.5) is 5.13 Å². The fraction of sp³-hybridized carbons (Fsp3) is 0.118. The number of thioether (sulfide) groups is 1. The lowest BCUT2D eigenvalue weighted by Crippen LogP contribution is -2.11. The molecule has 1 aromatic carbocycles. The number of pyridine rings is 1. The highest BCUT2D eigenvalue weighted by Crippen LogP contribution is 2.25. The number of rotatable bonds is 6. The Morgan fingerprint density at radius 3 is 2.83 bits per heavy atom. The summed E-state index contributed by atoms with van der Waals surface area (Å²) in [5.41, 5.74) is 1.76. The van der Waals surface area contributed by atoms with Crippen LogP contribution in [0, 0.1) is 0 Å². The Kier molecular flexibility index (Phi) is 5.85. The van der Waals surface area contributed by atoms with Crippen LogP contribution in [0.5, 0.6) is 0 Å². The molecule has 1 amide bonds. The van der Waals surface area contributed by atoms with Crippen LogP contribution in [0.3, 0.4) is 0 Å². The number of hydrogen-bond donors (Lipinski definition) is 1. The van der Waals surface area contributed by atoms with Crippen LogP contribution in [0.1, 0.15) is 6.42 Å². The second kappa shape index (κ2) is 8.28. The van der Waals surface area contributed by atoms with Crippen molar-refractivity contribution in [3.05, 3.63) is 59.2 Å². The van der Waals surface area contributed by atoms with Gasteiger partial charge in [-0.25, -0.2) is 4.98 Å². The van der Waals surface area contributed by atoms with Crippen LogP contribution in [0.15, 0.2) is 59.1 Å². The molecule has 0 atom stereocenters. The zero-order valence-corrected chi connectivity index (χ0v) is 15.0. The van der Waals surface area contributed by atoms with Gasteiger partial charge in [0.25, 0.3) is 0 Å². The first-order valence-corrected chi connectivity index (χ1v) is 9.49. The summed E-state index contributed by atoms with van der Waals surface area (Å²) in [6, 6.07) is 11.4. The molecule has 0 fully saturated rings. The van der Waals surface area contributed by atoms with Gasteiger partial charge in [-0.1, -0.05) is 11.6 Å². The lowest BCUT2D eigenvalue weighted by molar-refractivity contribution is -0.115. The predicted molar refractivity (Wildman–Crippen MR) is 101 cm³/mol. The number of amides is 1. The Balaban J connectivity index is 1.48. The monoisotopic (exact) mass is 375 g/mol. The van der Waals surface area contributed by atoms with Gasteiger partial charge in [-0.2, -0.15) is 0 Å². The molecular formula is C17H14ClN3OS2. The zero-order valence-electron chi connectivity index (χ0n) is 12.6. The molecular weight excluding hydrogens is 362 g/mol. The van der Waals surface area contributed by atoms with Crippen molar-refractivity contribution < 1.29 is 4.79 Å². The standard InChI is InChI=1S/C17H14ClN3OS2/c18-13-3-5-14(6-4-13)23-9-7-16(22)21-17-20-15(11-24-17)12-2-1-8-19-10-12/h1-6,8,10-11H,7,9H2,(H,20,21,22). The molecule has 3 aromatic rings. The summed E-state index contributed by atoms with van der Waals surface area (Å²) in [7, 11) is 0. The Morgan fingerprint density at radius 2 is 2.08 bits per heavy atom. The highest BCUT2D eigenvalue weighted by molar-refractivity contribution is 7.99. The van der Waals surface area contributed by atoms with Gasteiger partial charge in [0.15, 0.2) is 5.13 Å². The van der Waals surface area contributed by atoms with Crippen molar-refractivity contribution in [2.24, 2.45) is 0 Å². The van der Waals surface area contributed by atoms with E-state index in [0.717, 1.165) is 16.2 Å². The maximum atomic E-state index is 12.0. The molecule has 0 radical (unpaired) electrons. The lowest BCUT2D eigenvalue weighted by Gasteiger charge is -2.02. The van der Waals surface area contributed by atoms with Crippen molar-refractivity contribution in [2.75, 3.05) is 11.1 Å². The minimum atomic E-state index is -0.0384. The molecule has 0 aliphatic heterocycles. The topological polar surface area (TPSA) is 54.9 Å². The van der Waals surface area contributed by atoms with E-state index in [9.17, 15) is 4.79 Å². The number of carbonyl (C=O) groups excluding carboxylic acids is 1. The first-order chi connectivity index (χ1) is 11.7. The molecule has 0 bridgehead atoms. The summed E-state index contributed by atoms with van der Waals surface area (Å²) >= 11 is 8.89. The zero-order chi connectivity index (χ0) is 16.8. The molecule has 0 saturated carbocycles. The fourth-order valence-electron chi connectivity index (χ4n) is 1.95. The Hall–Kier alpha value is -1.89. The molecule has 0 saturated heterocycles. The van der Waals surface area contributed by atoms with Gasteiger partial charge in [0.1, 0.15) is 0 Å². The van der Waals surface area contributed by atoms with Crippen LogP contribution in [-0.4, -0.2) is 21.6 Å². The van der Waals surface area contributed by atoms with Gasteiger partial charge in [0.05, 0.1) is 5.69 Å². The SMILES string of the molecule is O=C(CCSc1ccc(Cl)cc1)Nc1nc(-c2cccnc2)cs1. The molecule has 4 nitrogen and oxygen atoms in total. The number of aromatic nitrogens is 2. The van der Waals surface area contributed by atoms with Crippen LogP contribution in [0.25, 0.3) is 11.3 Å². The van der Waals surface area contributed by atoms with Crippen molar-refractivity contribution >= 4 is 45.7 Å². The molecule has 0 aliphatic rings. The maximum Gasteiger partial charge on any atom is 0.226 e. The minimum absolute atomic E-state index is 0.0384. The Labute approximate surface area is 153 Å². The molecule has 2 aromatic heterocycles. The molecule has 0 unspecified atom stereocenters. The summed E-state index contributed by atoms with van der Waals surface area (Å²) in [5, 5.41) is 6.07. The number of nitrogens with zero attached hydrogens (tertiary/aromatic N) is 2. The van der Waals surface area contributed by atoms with Gasteiger partial charge in [-0.05, 0) is 36.4 Å². The van der Waals surface area contributed by atoms with Gasteiger partial charge in [0, 0.05) is 45.4 Å². The summed E-state index contributed by atoms with van der Waals surface area (Å²) in [4.78, 5) is 21.6. The molecule has 0 aliphatic carbocycles. The fourth-order valence-corrected chi connectivity index (χ4v) is 3.67. The second-order valence-electron chi connectivity index (χ2n) is 4.88. The number of thiazole rings is 1. The van der Waals surface area contributed by atoms with Crippen LogP contribution >= 0.6 is 34.7 Å². The van der Waals surface area contributed by atoms with Gasteiger partial charge in [-0.3, -0.25) is 9.78 Å². The summed E-state index contributed by atoms with van der Waals surface area (Å²) < 4.78 is 0. The van der Waals surface area contributed by atoms with E-state index in [1.165, 1.54) is 11.3 Å². The summed E-state index contributed by atoms with van der Waals surface area (Å²) in [5.74, 6) is 0.664. The van der Waals surface area contributed by atoms with Crippen molar-refractivity contribution in [1.29, 1.82) is 0 Å². The van der Waals surface area contributed by atoms with Crippen LogP contribution in [-0.2, 0) is 4.79 Å². The van der Waals surface area contributed by atoms with E-state index in [-0.39, 0.29) is 5.91 Å². The van der Waals surface area contributed by atoms with Gasteiger partial charge >= 0.3 is 0 Å². The summed E-state index contributed by atoms with van der Waals surface area (Å²) in [6.45, 7) is 0. The van der Waals surface area contributed by atoms with Crippen molar-refractivity contribution in [2.45, 2.75) is 11.3 Å². The molecule has 3 rings (SSSR count). The van der Waals surface area contributed by atoms with Crippen LogP contribution in [0.2, 0.25) is 5.02 Å². The number of hydrogen-bond acceptors (Lipinski definition) is 5. The van der Waals surface area contributed by atoms with Crippen molar-refractivity contribution in [3.63, 3.8) is 0 Å². The van der Waals surface area contributed by atoms with Gasteiger partial charge in [-0.15, -0.1) is 23.1 Å². The predicted octanol–water partition coefficient (Wildman–Crippen LogP) is 4.98. The number of carbonyl (C=O) groups is 1. The van der Waals surface area contributed by atoms with E-state index < -0.39 is 0 Å². The average molecular weight is 376 g/mol.